The number of aliphatic carboxylic acids is 1. The lowest BCUT2D eigenvalue weighted by atomic mass is 9.96. The van der Waals surface area contributed by atoms with Crippen molar-refractivity contribution in [3.8, 4) is 11.3 Å². The maximum absolute atomic E-state index is 13.9. The number of nitrogens with two attached hydrogens (primary N) is 1. The van der Waals surface area contributed by atoms with E-state index in [1.165, 1.54) is 0 Å². The van der Waals surface area contributed by atoms with Gasteiger partial charge in [-0.15, -0.1) is 0 Å². The topological polar surface area (TPSA) is 150 Å². The van der Waals surface area contributed by atoms with Gasteiger partial charge in [0.1, 0.15) is 17.7 Å². The Labute approximate surface area is 179 Å². The number of aliphatic hydroxyl groups is 1. The smallest absolute Gasteiger partial charge is 0.423 e. The Bertz CT molecular complexity index is 1080. The van der Waals surface area contributed by atoms with Gasteiger partial charge in [0.05, 0.1) is 23.8 Å². The minimum Gasteiger partial charge on any atom is -0.480 e. The third kappa shape index (κ3) is 5.95. The van der Waals surface area contributed by atoms with Crippen LogP contribution in [0.25, 0.3) is 11.3 Å². The monoisotopic (exact) mass is 482 g/mol. The molecule has 5 N–H and O–H groups in total. The summed E-state index contributed by atoms with van der Waals surface area (Å²) in [5.74, 6) is -4.81. The molecule has 0 amide bonds. The van der Waals surface area contributed by atoms with Crippen LogP contribution in [0.1, 0.15) is 18.5 Å². The first-order chi connectivity index (χ1) is 14.7. The van der Waals surface area contributed by atoms with E-state index in [1.807, 2.05) is 0 Å². The molecule has 2 rings (SSSR count). The number of nitrogens with zero attached hydrogens (tertiary/aromatic N) is 2. The molecule has 0 aliphatic carbocycles. The summed E-state index contributed by atoms with van der Waals surface area (Å²) in [4.78, 5) is 17.9. The van der Waals surface area contributed by atoms with Crippen LogP contribution >= 0.6 is 0 Å². The maximum Gasteiger partial charge on any atom is 0.423 e. The van der Waals surface area contributed by atoms with E-state index in [-0.39, 0.29) is 11.3 Å². The number of benzene rings is 1. The molecule has 0 aliphatic heterocycles. The molecule has 0 bridgehead atoms. The highest BCUT2D eigenvalue weighted by atomic mass is 32.2. The number of carboxylic acids is 1. The highest BCUT2D eigenvalue weighted by molar-refractivity contribution is 7.92. The van der Waals surface area contributed by atoms with Crippen LogP contribution in [0.3, 0.4) is 0 Å². The van der Waals surface area contributed by atoms with Gasteiger partial charge in [-0.1, -0.05) is 0 Å². The molecule has 0 fully saturated rings. The van der Waals surface area contributed by atoms with Gasteiger partial charge in [-0.05, 0) is 18.6 Å². The van der Waals surface area contributed by atoms with Gasteiger partial charge in [-0.25, -0.2) is 13.0 Å². The summed E-state index contributed by atoms with van der Waals surface area (Å²) in [5.41, 5.74) is 0.188. The zero-order valence-corrected chi connectivity index (χ0v) is 17.1. The molecule has 8 nitrogen and oxygen atoms in total. The maximum atomic E-state index is 13.9. The van der Waals surface area contributed by atoms with Gasteiger partial charge in [-0.2, -0.15) is 13.2 Å². The summed E-state index contributed by atoms with van der Waals surface area (Å²) in [5, 5.41) is 19.0. The van der Waals surface area contributed by atoms with E-state index in [0.717, 1.165) is 18.3 Å². The van der Waals surface area contributed by atoms with Crippen molar-refractivity contribution in [3.63, 3.8) is 0 Å². The first-order valence-electron chi connectivity index (χ1n) is 8.96. The van der Waals surface area contributed by atoms with Crippen molar-refractivity contribution in [2.45, 2.75) is 30.7 Å². The van der Waals surface area contributed by atoms with Crippen molar-refractivity contribution in [2.24, 2.45) is 5.73 Å². The quantitative estimate of drug-likeness (QED) is 0.401. The van der Waals surface area contributed by atoms with E-state index in [0.29, 0.717) is 12.3 Å². The van der Waals surface area contributed by atoms with Crippen LogP contribution in [-0.2, 0) is 20.1 Å². The van der Waals surface area contributed by atoms with Gasteiger partial charge in [0.25, 0.3) is 0 Å². The highest BCUT2D eigenvalue weighted by Gasteiger charge is 2.56. The van der Waals surface area contributed by atoms with Crippen molar-refractivity contribution >= 4 is 15.7 Å². The van der Waals surface area contributed by atoms with E-state index >= 15 is 0 Å². The Hall–Kier alpha value is -2.71. The average molecular weight is 482 g/mol. The second-order valence-electron chi connectivity index (χ2n) is 6.97. The fraction of sp³-hybridized carbons (Fsp3) is 0.389. The molecule has 0 saturated heterocycles. The van der Waals surface area contributed by atoms with Crippen molar-refractivity contribution in [1.82, 2.24) is 9.97 Å². The number of hydrogen-bond acceptors (Lipinski definition) is 7. The van der Waals surface area contributed by atoms with E-state index in [1.54, 1.807) is 0 Å². The number of nitrogens with one attached hydrogen (secondary N) is 1. The summed E-state index contributed by atoms with van der Waals surface area (Å²) in [6.07, 6.45) is -5.61. The molecule has 176 valence electrons. The molecule has 2 aromatic rings. The van der Waals surface area contributed by atoms with Crippen molar-refractivity contribution in [1.29, 1.82) is 4.78 Å². The molecule has 2 unspecified atom stereocenters. The average Bonchev–Trinajstić information content (AvgIpc) is 2.69. The molecule has 0 saturated carbocycles. The molecule has 14 heteroatoms. The van der Waals surface area contributed by atoms with Crippen LogP contribution in [0.4, 0.5) is 22.0 Å². The molecule has 0 aliphatic rings. The molecular weight excluding hydrogens is 463 g/mol. The normalized spacial score (nSPS) is 16.7. The zero-order chi connectivity index (χ0) is 24.3. The fourth-order valence-corrected chi connectivity index (χ4v) is 4.11. The van der Waals surface area contributed by atoms with E-state index in [2.05, 4.69) is 9.97 Å². The first-order valence-corrected chi connectivity index (χ1v) is 10.9. The van der Waals surface area contributed by atoms with Gasteiger partial charge in [-0.3, -0.25) is 19.5 Å². The number of rotatable bonds is 9. The molecule has 32 heavy (non-hydrogen) atoms. The van der Waals surface area contributed by atoms with Crippen molar-refractivity contribution in [2.75, 3.05) is 11.5 Å². The van der Waals surface area contributed by atoms with Crippen LogP contribution in [0.2, 0.25) is 0 Å². The fourth-order valence-electron chi connectivity index (χ4n) is 2.65. The number of carboxylic acid groups (broad SMARTS) is 1. The van der Waals surface area contributed by atoms with Crippen LogP contribution in [0.15, 0.2) is 30.6 Å². The highest BCUT2D eigenvalue weighted by Crippen LogP contribution is 2.41. The van der Waals surface area contributed by atoms with Crippen molar-refractivity contribution in [3.05, 3.63) is 47.9 Å². The number of alkyl halides is 3. The molecule has 1 aromatic heterocycles. The summed E-state index contributed by atoms with van der Waals surface area (Å²) in [6.45, 7) is 0. The number of halogens is 5. The van der Waals surface area contributed by atoms with E-state index in [4.69, 9.17) is 15.6 Å². The van der Waals surface area contributed by atoms with Crippen LogP contribution in [0, 0.1) is 16.4 Å². The Balaban J connectivity index is 2.26. The lowest BCUT2D eigenvalue weighted by molar-refractivity contribution is -0.269. The largest absolute Gasteiger partial charge is 0.480 e. The van der Waals surface area contributed by atoms with Crippen LogP contribution in [-0.4, -0.2) is 54.1 Å². The predicted octanol–water partition coefficient (Wildman–Crippen LogP) is 2.41. The molecule has 0 spiro atoms. The molecule has 1 aromatic carbocycles. The lowest BCUT2D eigenvalue weighted by Gasteiger charge is -2.30. The minimum atomic E-state index is -5.29. The lowest BCUT2D eigenvalue weighted by Crippen LogP contribution is -2.44. The Morgan fingerprint density at radius 2 is 1.84 bits per heavy atom. The summed E-state index contributed by atoms with van der Waals surface area (Å²) in [7, 11) is -3.71. The second kappa shape index (κ2) is 9.42. The Kier molecular flexibility index (Phi) is 7.52. The van der Waals surface area contributed by atoms with Gasteiger partial charge in [0.15, 0.2) is 0 Å². The third-order valence-corrected chi connectivity index (χ3v) is 6.38. The number of aromatic nitrogens is 2. The number of carbonyl (C=O) groups is 1. The summed E-state index contributed by atoms with van der Waals surface area (Å²) >= 11 is 0. The van der Waals surface area contributed by atoms with Crippen molar-refractivity contribution < 1.29 is 41.2 Å². The summed E-state index contributed by atoms with van der Waals surface area (Å²) < 4.78 is 87.8. The molecule has 0 radical (unpaired) electrons. The SMILES string of the molecule is N=S(=O)(CC[C@H](N)C(=O)O)CCC(O)(c1cnc(-c2ccc(F)cc2F)cn1)C(F)(F)F. The van der Waals surface area contributed by atoms with Gasteiger partial charge in [0.2, 0.25) is 5.60 Å². The first kappa shape index (κ1) is 25.5. The van der Waals surface area contributed by atoms with Crippen LogP contribution < -0.4 is 5.73 Å². The second-order valence-corrected chi connectivity index (χ2v) is 9.41. The Morgan fingerprint density at radius 3 is 2.34 bits per heavy atom. The zero-order valence-electron chi connectivity index (χ0n) is 16.3. The van der Waals surface area contributed by atoms with Gasteiger partial charge < -0.3 is 15.9 Å². The Morgan fingerprint density at radius 1 is 1.19 bits per heavy atom. The molecule has 3 atom stereocenters. The predicted molar refractivity (Wildman–Crippen MR) is 103 cm³/mol. The van der Waals surface area contributed by atoms with E-state index in [9.17, 15) is 36.1 Å². The summed E-state index contributed by atoms with van der Waals surface area (Å²) in [6, 6.07) is 1.05. The number of hydrogen-bond donors (Lipinski definition) is 4. The molecular formula is C18H19F5N4O4S. The third-order valence-electron chi connectivity index (χ3n) is 4.62. The molecule has 1 heterocycles. The standard InChI is InChI=1S/C18H19F5N4O4S/c19-10-1-2-11(12(20)7-10)14-8-27-15(9-26-14)17(30,18(21,22)23)4-6-32(25,31)5-3-13(24)16(28)29/h1-2,7-9,13,25,30H,3-6,24H2,(H,28,29)/t13-,17?,32?/m0/s1. The van der Waals surface area contributed by atoms with Crippen LogP contribution in [0.5, 0.6) is 0 Å². The van der Waals surface area contributed by atoms with E-state index < -0.39 is 75.2 Å². The van der Waals surface area contributed by atoms with Gasteiger partial charge in [0, 0.05) is 39.3 Å². The minimum absolute atomic E-state index is 0.220. The van der Waals surface area contributed by atoms with Gasteiger partial charge >= 0.3 is 12.1 Å².